The Hall–Kier alpha value is -3.10. The van der Waals surface area contributed by atoms with Crippen molar-refractivity contribution in [3.05, 3.63) is 59.9 Å². The molecule has 184 valence electrons. The summed E-state index contributed by atoms with van der Waals surface area (Å²) >= 11 is 0. The maximum Gasteiger partial charge on any atom is 0.252 e. The molecule has 1 aliphatic carbocycles. The molecule has 2 aromatic carbocycles. The Kier molecular flexibility index (Phi) is 6.67. The van der Waals surface area contributed by atoms with Crippen molar-refractivity contribution in [2.45, 2.75) is 38.1 Å². The van der Waals surface area contributed by atoms with Crippen molar-refractivity contribution in [2.75, 3.05) is 26.2 Å². The minimum Gasteiger partial charge on any atom is -0.494 e. The van der Waals surface area contributed by atoms with Gasteiger partial charge in [0, 0.05) is 42.7 Å². The minimum atomic E-state index is -1.18. The van der Waals surface area contributed by atoms with Crippen LogP contribution in [0.5, 0.6) is 5.75 Å². The van der Waals surface area contributed by atoms with Crippen LogP contribution in [-0.4, -0.2) is 65.5 Å². The number of aliphatic hydroxyl groups excluding tert-OH is 1. The van der Waals surface area contributed by atoms with Crippen molar-refractivity contribution in [3.63, 3.8) is 0 Å². The number of ether oxygens (including phenoxy) is 1. The number of fused-ring (bicyclic) bond motifs is 1. The van der Waals surface area contributed by atoms with E-state index in [2.05, 4.69) is 10.3 Å². The molecular weight excluding hydrogens is 452 g/mol. The Morgan fingerprint density at radius 1 is 1.17 bits per heavy atom. The van der Waals surface area contributed by atoms with Crippen molar-refractivity contribution in [3.8, 4) is 17.0 Å². The van der Waals surface area contributed by atoms with Gasteiger partial charge in [0.15, 0.2) is 0 Å². The molecule has 2 atom stereocenters. The second-order valence-electron chi connectivity index (χ2n) is 9.48. The van der Waals surface area contributed by atoms with Gasteiger partial charge in [-0.05, 0) is 68.1 Å². The van der Waals surface area contributed by atoms with Gasteiger partial charge in [0.05, 0.1) is 29.5 Å². The van der Waals surface area contributed by atoms with Crippen LogP contribution in [0.1, 0.15) is 30.1 Å². The van der Waals surface area contributed by atoms with Crippen LogP contribution in [-0.2, 0) is 0 Å². The molecule has 2 heterocycles. The van der Waals surface area contributed by atoms with E-state index >= 15 is 0 Å². The predicted octanol–water partition coefficient (Wildman–Crippen LogP) is 3.96. The highest BCUT2D eigenvalue weighted by molar-refractivity contribution is 6.07. The number of aromatic nitrogens is 1. The van der Waals surface area contributed by atoms with Crippen LogP contribution in [0, 0.1) is 11.7 Å². The number of benzene rings is 2. The number of carbonyl (C=O) groups excluding carboxylic acids is 1. The van der Waals surface area contributed by atoms with E-state index in [0.717, 1.165) is 30.7 Å². The largest absolute Gasteiger partial charge is 0.494 e. The van der Waals surface area contributed by atoms with Gasteiger partial charge in [-0.25, -0.2) is 13.8 Å². The van der Waals surface area contributed by atoms with Crippen LogP contribution in [0.2, 0.25) is 0 Å². The van der Waals surface area contributed by atoms with E-state index in [9.17, 15) is 18.7 Å². The highest BCUT2D eigenvalue weighted by atomic mass is 19.1. The molecule has 1 aliphatic heterocycles. The lowest BCUT2D eigenvalue weighted by atomic mass is 9.79. The molecule has 0 unspecified atom stereocenters. The molecule has 5 rings (SSSR count). The average molecular weight is 482 g/mol. The van der Waals surface area contributed by atoms with Crippen molar-refractivity contribution >= 4 is 16.8 Å². The molecule has 1 aromatic heterocycles. The molecule has 0 bridgehead atoms. The SMILES string of the molecule is CCOc1ccc(-c2cc(C(=O)NC3CC(CN4C[C@@H](O)[C@@H](F)C4)C3)c3ccc(F)cc3n2)cc1. The van der Waals surface area contributed by atoms with Gasteiger partial charge in [0.2, 0.25) is 0 Å². The number of likely N-dealkylation sites (tertiary alicyclic amines) is 1. The Morgan fingerprint density at radius 3 is 2.63 bits per heavy atom. The first kappa shape index (κ1) is 23.6. The lowest BCUT2D eigenvalue weighted by Gasteiger charge is -2.38. The summed E-state index contributed by atoms with van der Waals surface area (Å²) in [6.07, 6.45) is -0.475. The molecule has 35 heavy (non-hydrogen) atoms. The zero-order valence-corrected chi connectivity index (χ0v) is 19.6. The monoisotopic (exact) mass is 481 g/mol. The smallest absolute Gasteiger partial charge is 0.252 e. The van der Waals surface area contributed by atoms with E-state index in [1.807, 2.05) is 36.1 Å². The highest BCUT2D eigenvalue weighted by Gasteiger charge is 2.36. The predicted molar refractivity (Wildman–Crippen MR) is 130 cm³/mol. The fraction of sp³-hybridized carbons (Fsp3) is 0.407. The van der Waals surface area contributed by atoms with Gasteiger partial charge in [-0.3, -0.25) is 9.69 Å². The van der Waals surface area contributed by atoms with Gasteiger partial charge in [0.1, 0.15) is 17.7 Å². The summed E-state index contributed by atoms with van der Waals surface area (Å²) in [5, 5.41) is 13.3. The van der Waals surface area contributed by atoms with Crippen LogP contribution >= 0.6 is 0 Å². The van der Waals surface area contributed by atoms with E-state index < -0.39 is 18.1 Å². The lowest BCUT2D eigenvalue weighted by Crippen LogP contribution is -2.47. The van der Waals surface area contributed by atoms with Crippen LogP contribution in [0.15, 0.2) is 48.5 Å². The first-order chi connectivity index (χ1) is 16.9. The third kappa shape index (κ3) is 5.13. The van der Waals surface area contributed by atoms with E-state index in [1.165, 1.54) is 12.1 Å². The maximum absolute atomic E-state index is 14.0. The first-order valence-electron chi connectivity index (χ1n) is 12.1. The molecular formula is C27H29F2N3O3. The second-order valence-corrected chi connectivity index (χ2v) is 9.48. The van der Waals surface area contributed by atoms with Crippen LogP contribution in [0.4, 0.5) is 8.78 Å². The molecule has 0 radical (unpaired) electrons. The van der Waals surface area contributed by atoms with Crippen molar-refractivity contribution < 1.29 is 23.4 Å². The van der Waals surface area contributed by atoms with Gasteiger partial charge in [-0.1, -0.05) is 0 Å². The second kappa shape index (κ2) is 9.87. The zero-order valence-electron chi connectivity index (χ0n) is 19.6. The molecule has 3 aromatic rings. The standard InChI is InChI=1S/C27H29F2N3O3/c1-2-35-20-6-3-17(4-7-20)24-12-22(21-8-5-18(28)11-25(21)31-24)27(34)30-19-9-16(10-19)13-32-14-23(29)26(33)15-32/h3-8,11-12,16,19,23,26,33H,2,9-10,13-15H2,1H3,(H,30,34)/t16?,19?,23-,26+/m0/s1. The number of nitrogens with one attached hydrogen (secondary N) is 1. The number of hydrogen-bond acceptors (Lipinski definition) is 5. The zero-order chi connectivity index (χ0) is 24.5. The number of β-amino-alcohol motifs (C(OH)–C–C–N with tert-alkyl or cyclic N) is 1. The molecule has 1 saturated carbocycles. The van der Waals surface area contributed by atoms with Crippen LogP contribution in [0.3, 0.4) is 0 Å². The van der Waals surface area contributed by atoms with E-state index in [0.29, 0.717) is 41.2 Å². The number of rotatable bonds is 7. The summed E-state index contributed by atoms with van der Waals surface area (Å²) in [6, 6.07) is 13.5. The Labute approximate surface area is 202 Å². The highest BCUT2D eigenvalue weighted by Crippen LogP contribution is 2.31. The van der Waals surface area contributed by atoms with Gasteiger partial charge in [-0.2, -0.15) is 0 Å². The summed E-state index contributed by atoms with van der Waals surface area (Å²) in [5.41, 5.74) is 2.25. The Morgan fingerprint density at radius 2 is 1.94 bits per heavy atom. The molecule has 2 aliphatic rings. The molecule has 0 spiro atoms. The molecule has 2 N–H and O–H groups in total. The van der Waals surface area contributed by atoms with E-state index in [1.54, 1.807) is 12.1 Å². The molecule has 1 saturated heterocycles. The summed E-state index contributed by atoms with van der Waals surface area (Å²) in [6.45, 7) is 3.84. The minimum absolute atomic E-state index is 0.0267. The number of halogens is 2. The van der Waals surface area contributed by atoms with Crippen LogP contribution < -0.4 is 10.1 Å². The van der Waals surface area contributed by atoms with Crippen molar-refractivity contribution in [2.24, 2.45) is 5.92 Å². The number of pyridine rings is 1. The number of nitrogens with zero attached hydrogens (tertiary/aromatic N) is 2. The summed E-state index contributed by atoms with van der Waals surface area (Å²) in [5.74, 6) is 0.469. The third-order valence-corrected chi connectivity index (χ3v) is 6.86. The average Bonchev–Trinajstić information content (AvgIpc) is 3.14. The number of carbonyl (C=O) groups is 1. The number of amides is 1. The van der Waals surface area contributed by atoms with Gasteiger partial charge in [-0.15, -0.1) is 0 Å². The summed E-state index contributed by atoms with van der Waals surface area (Å²) in [4.78, 5) is 19.8. The Bertz CT molecular complexity index is 1200. The molecule has 1 amide bonds. The quantitative estimate of drug-likeness (QED) is 0.534. The number of aliphatic hydroxyl groups is 1. The number of hydrogen-bond donors (Lipinski definition) is 2. The Balaban J connectivity index is 1.31. The molecule has 8 heteroatoms. The van der Waals surface area contributed by atoms with Gasteiger partial charge >= 0.3 is 0 Å². The molecule has 2 fully saturated rings. The summed E-state index contributed by atoms with van der Waals surface area (Å²) < 4.78 is 33.0. The first-order valence-corrected chi connectivity index (χ1v) is 12.1. The van der Waals surface area contributed by atoms with E-state index in [4.69, 9.17) is 4.74 Å². The summed E-state index contributed by atoms with van der Waals surface area (Å²) in [7, 11) is 0. The topological polar surface area (TPSA) is 74.7 Å². The van der Waals surface area contributed by atoms with Crippen LogP contribution in [0.25, 0.3) is 22.2 Å². The van der Waals surface area contributed by atoms with E-state index in [-0.39, 0.29) is 18.5 Å². The normalized spacial score (nSPS) is 24.3. The van der Waals surface area contributed by atoms with Gasteiger partial charge in [0.25, 0.3) is 5.91 Å². The van der Waals surface area contributed by atoms with Crippen molar-refractivity contribution in [1.29, 1.82) is 0 Å². The van der Waals surface area contributed by atoms with Crippen molar-refractivity contribution in [1.82, 2.24) is 15.2 Å². The molecule has 6 nitrogen and oxygen atoms in total. The fourth-order valence-corrected chi connectivity index (χ4v) is 5.03. The lowest BCUT2D eigenvalue weighted by molar-refractivity contribution is 0.0863. The van der Waals surface area contributed by atoms with Gasteiger partial charge < -0.3 is 15.2 Å². The maximum atomic E-state index is 14.0. The third-order valence-electron chi connectivity index (χ3n) is 6.86. The number of alkyl halides is 1. The fourth-order valence-electron chi connectivity index (χ4n) is 5.03.